The molecule has 1 saturated carbocycles. The van der Waals surface area contributed by atoms with E-state index in [-0.39, 0.29) is 41.2 Å². The van der Waals surface area contributed by atoms with Crippen LogP contribution in [-0.4, -0.2) is 28.0 Å². The molecule has 8 heteroatoms. The van der Waals surface area contributed by atoms with Gasteiger partial charge in [-0.15, -0.1) is 0 Å². The number of nitrogens with zero attached hydrogens (tertiary/aromatic N) is 3. The molecule has 0 unspecified atom stereocenters. The molecule has 1 aromatic heterocycles. The van der Waals surface area contributed by atoms with Crippen molar-refractivity contribution in [2.45, 2.75) is 19.8 Å². The van der Waals surface area contributed by atoms with Gasteiger partial charge in [-0.1, -0.05) is 24.3 Å². The summed E-state index contributed by atoms with van der Waals surface area (Å²) in [4.78, 5) is 36.3. The van der Waals surface area contributed by atoms with E-state index in [1.54, 1.807) is 31.2 Å². The zero-order chi connectivity index (χ0) is 21.0. The van der Waals surface area contributed by atoms with Crippen LogP contribution >= 0.6 is 0 Å². The second-order valence-corrected chi connectivity index (χ2v) is 8.03. The minimum Gasteiger partial charge on any atom is -0.455 e. The molecular formula is C22H19N3O5. The van der Waals surface area contributed by atoms with Gasteiger partial charge in [0.05, 0.1) is 23.0 Å². The third-order valence-electron chi connectivity index (χ3n) is 6.35. The van der Waals surface area contributed by atoms with Crippen molar-refractivity contribution in [3.63, 3.8) is 0 Å². The summed E-state index contributed by atoms with van der Waals surface area (Å²) in [5, 5.41) is 16.3. The minimum atomic E-state index is -0.434. The van der Waals surface area contributed by atoms with Crippen LogP contribution < -0.4 is 0 Å². The highest BCUT2D eigenvalue weighted by molar-refractivity contribution is 6.06. The minimum absolute atomic E-state index is 0.0122. The summed E-state index contributed by atoms with van der Waals surface area (Å²) >= 11 is 0. The molecule has 6 rings (SSSR count). The van der Waals surface area contributed by atoms with Crippen LogP contribution in [0.1, 0.15) is 24.2 Å². The van der Waals surface area contributed by atoms with Gasteiger partial charge in [-0.25, -0.2) is 0 Å². The molecule has 2 aromatic rings. The molecule has 3 aliphatic carbocycles. The Morgan fingerprint density at radius 1 is 1.10 bits per heavy atom. The number of aryl methyl sites for hydroxylation is 1. The number of imide groups is 1. The number of rotatable bonds is 4. The first-order chi connectivity index (χ1) is 14.4. The maximum atomic E-state index is 12.8. The average molecular weight is 405 g/mol. The maximum Gasteiger partial charge on any atom is 0.273 e. The van der Waals surface area contributed by atoms with Crippen molar-refractivity contribution >= 4 is 23.7 Å². The van der Waals surface area contributed by atoms with E-state index in [9.17, 15) is 19.7 Å². The lowest BCUT2D eigenvalue weighted by atomic mass is 9.63. The molecule has 8 nitrogen and oxygen atoms in total. The van der Waals surface area contributed by atoms with Crippen LogP contribution in [0.5, 0.6) is 0 Å². The first-order valence-electron chi connectivity index (χ1n) is 9.89. The van der Waals surface area contributed by atoms with E-state index < -0.39 is 4.92 Å². The Morgan fingerprint density at radius 3 is 2.37 bits per heavy atom. The fourth-order valence-electron chi connectivity index (χ4n) is 4.82. The summed E-state index contributed by atoms with van der Waals surface area (Å²) in [6, 6.07) is 8.18. The van der Waals surface area contributed by atoms with E-state index in [4.69, 9.17) is 4.42 Å². The van der Waals surface area contributed by atoms with Crippen molar-refractivity contribution in [3.05, 3.63) is 63.9 Å². The number of nitro benzene ring substituents is 1. The van der Waals surface area contributed by atoms with E-state index in [1.165, 1.54) is 12.3 Å². The fraction of sp³-hybridized carbons (Fsp3) is 0.318. The number of fused-ring (bicyclic) bond motifs is 1. The second kappa shape index (κ2) is 6.76. The van der Waals surface area contributed by atoms with Crippen molar-refractivity contribution in [2.24, 2.45) is 28.8 Å². The summed E-state index contributed by atoms with van der Waals surface area (Å²) in [5.41, 5.74) is 1.14. The van der Waals surface area contributed by atoms with Crippen LogP contribution in [0.2, 0.25) is 0 Å². The highest BCUT2D eigenvalue weighted by Crippen LogP contribution is 2.49. The fourth-order valence-corrected chi connectivity index (χ4v) is 4.82. The largest absolute Gasteiger partial charge is 0.455 e. The number of amides is 2. The van der Waals surface area contributed by atoms with Crippen LogP contribution in [0.3, 0.4) is 0 Å². The molecule has 2 fully saturated rings. The normalized spacial score (nSPS) is 27.3. The Morgan fingerprint density at radius 2 is 1.77 bits per heavy atom. The third kappa shape index (κ3) is 2.79. The monoisotopic (exact) mass is 405 g/mol. The molecule has 2 heterocycles. The van der Waals surface area contributed by atoms with Gasteiger partial charge in [0.2, 0.25) is 0 Å². The zero-order valence-corrected chi connectivity index (χ0v) is 16.2. The van der Waals surface area contributed by atoms with Gasteiger partial charge in [-0.3, -0.25) is 19.7 Å². The van der Waals surface area contributed by atoms with Gasteiger partial charge in [0.15, 0.2) is 0 Å². The highest BCUT2D eigenvalue weighted by atomic mass is 16.6. The second-order valence-electron chi connectivity index (χ2n) is 8.03. The quantitative estimate of drug-likeness (QED) is 0.254. The Bertz CT molecular complexity index is 1100. The predicted octanol–water partition coefficient (Wildman–Crippen LogP) is 3.69. The van der Waals surface area contributed by atoms with Crippen molar-refractivity contribution in [2.75, 3.05) is 0 Å². The standard InChI is InChI=1S/C22H19N3O5/c1-12-2-3-15(10-17(12)25(28)29)18-9-8-16(30-18)11-23-24-21(26)19-13-4-5-14(7-6-13)20(19)22(24)27/h2-5,8-11,13-14,19-20H,6-7H2,1H3/b23-11-/t13-,14-,19-,20+/m1/s1. The summed E-state index contributed by atoms with van der Waals surface area (Å²) in [7, 11) is 0. The first-order valence-corrected chi connectivity index (χ1v) is 9.89. The lowest BCUT2D eigenvalue weighted by molar-refractivity contribution is -0.385. The Labute approximate surface area is 172 Å². The average Bonchev–Trinajstić information content (AvgIpc) is 3.32. The number of benzene rings is 1. The van der Waals surface area contributed by atoms with E-state index in [1.807, 2.05) is 0 Å². The molecule has 0 N–H and O–H groups in total. The Balaban J connectivity index is 1.37. The maximum absolute atomic E-state index is 12.8. The van der Waals surface area contributed by atoms with Gasteiger partial charge >= 0.3 is 0 Å². The SMILES string of the molecule is Cc1ccc(-c2ccc(/C=N\N3C(=O)[C@@H]4[C@H](C3=O)[C@@H]3C=C[C@@H]4CC3)o2)cc1[N+](=O)[O-]. The van der Waals surface area contributed by atoms with Crippen LogP contribution in [0.15, 0.2) is 52.0 Å². The van der Waals surface area contributed by atoms with E-state index >= 15 is 0 Å². The van der Waals surface area contributed by atoms with Gasteiger partial charge in [-0.2, -0.15) is 10.1 Å². The number of hydrogen-bond donors (Lipinski definition) is 0. The van der Waals surface area contributed by atoms with Crippen LogP contribution in [-0.2, 0) is 9.59 Å². The number of nitro groups is 1. The summed E-state index contributed by atoms with van der Waals surface area (Å²) in [6.07, 6.45) is 7.33. The van der Waals surface area contributed by atoms with E-state index in [2.05, 4.69) is 17.3 Å². The van der Waals surface area contributed by atoms with Crippen LogP contribution in [0.4, 0.5) is 5.69 Å². The van der Waals surface area contributed by atoms with Crippen molar-refractivity contribution < 1.29 is 18.9 Å². The molecule has 2 bridgehead atoms. The third-order valence-corrected chi connectivity index (χ3v) is 6.35. The van der Waals surface area contributed by atoms with Crippen LogP contribution in [0, 0.1) is 40.7 Å². The number of carbonyl (C=O) groups is 2. The molecule has 4 aliphatic rings. The number of furan rings is 1. The van der Waals surface area contributed by atoms with Gasteiger partial charge in [0.25, 0.3) is 17.5 Å². The first kappa shape index (κ1) is 18.5. The molecule has 152 valence electrons. The van der Waals surface area contributed by atoms with Gasteiger partial charge < -0.3 is 4.42 Å². The van der Waals surface area contributed by atoms with Crippen molar-refractivity contribution in [1.82, 2.24) is 5.01 Å². The van der Waals surface area contributed by atoms with Crippen molar-refractivity contribution in [3.8, 4) is 11.3 Å². The number of hydrazone groups is 1. The summed E-state index contributed by atoms with van der Waals surface area (Å²) in [6.45, 7) is 1.67. The van der Waals surface area contributed by atoms with E-state index in [0.717, 1.165) is 17.9 Å². The Kier molecular flexibility index (Phi) is 4.16. The van der Waals surface area contributed by atoms with Gasteiger partial charge in [0, 0.05) is 17.2 Å². The lowest BCUT2D eigenvalue weighted by Crippen LogP contribution is -2.38. The number of hydrogen-bond acceptors (Lipinski definition) is 6. The number of allylic oxidation sites excluding steroid dienone is 2. The molecule has 1 saturated heterocycles. The molecule has 2 amide bonds. The molecular weight excluding hydrogens is 386 g/mol. The highest BCUT2D eigenvalue weighted by Gasteiger charge is 2.56. The topological polar surface area (TPSA) is 106 Å². The van der Waals surface area contributed by atoms with Gasteiger partial charge in [0.1, 0.15) is 11.5 Å². The number of carbonyl (C=O) groups excluding carboxylic acids is 2. The molecule has 1 aromatic carbocycles. The molecule has 0 spiro atoms. The predicted molar refractivity (Wildman–Crippen MR) is 107 cm³/mol. The van der Waals surface area contributed by atoms with Crippen LogP contribution in [0.25, 0.3) is 11.3 Å². The van der Waals surface area contributed by atoms with Gasteiger partial charge in [-0.05, 0) is 43.7 Å². The molecule has 1 aliphatic heterocycles. The molecule has 4 atom stereocenters. The smallest absolute Gasteiger partial charge is 0.273 e. The summed E-state index contributed by atoms with van der Waals surface area (Å²) in [5.74, 6) is -0.0902. The molecule has 30 heavy (non-hydrogen) atoms. The van der Waals surface area contributed by atoms with Crippen molar-refractivity contribution in [1.29, 1.82) is 0 Å². The van der Waals surface area contributed by atoms with E-state index in [0.29, 0.717) is 22.6 Å². The lowest BCUT2D eigenvalue weighted by Gasteiger charge is -2.37. The molecule has 0 radical (unpaired) electrons. The zero-order valence-electron chi connectivity index (χ0n) is 16.2. The Hall–Kier alpha value is -3.55. The summed E-state index contributed by atoms with van der Waals surface area (Å²) < 4.78 is 5.71.